The summed E-state index contributed by atoms with van der Waals surface area (Å²) in [6, 6.07) is 10.1. The minimum Gasteiger partial charge on any atom is -0.330 e. The lowest BCUT2D eigenvalue weighted by Gasteiger charge is -2.09. The van der Waals surface area contributed by atoms with Gasteiger partial charge in [-0.2, -0.15) is 0 Å². The zero-order valence-corrected chi connectivity index (χ0v) is 11.6. The second-order valence-corrected chi connectivity index (χ2v) is 5.13. The lowest BCUT2D eigenvalue weighted by Crippen LogP contribution is -1.98. The number of imidazole rings is 1. The van der Waals surface area contributed by atoms with Crippen molar-refractivity contribution in [1.29, 1.82) is 0 Å². The molecule has 0 amide bonds. The molecule has 0 spiro atoms. The number of para-hydroxylation sites is 1. The molecule has 0 bridgehead atoms. The first-order chi connectivity index (χ1) is 9.08. The number of halogens is 2. The minimum absolute atomic E-state index is 0.302. The summed E-state index contributed by atoms with van der Waals surface area (Å²) in [5.41, 5.74) is 3.23. The predicted molar refractivity (Wildman–Crippen MR) is 78.2 cm³/mol. The number of H-pyrrole nitrogens is 1. The van der Waals surface area contributed by atoms with Gasteiger partial charge in [0.15, 0.2) is 4.77 Å². The van der Waals surface area contributed by atoms with Crippen LogP contribution in [0.2, 0.25) is 5.02 Å². The van der Waals surface area contributed by atoms with E-state index in [-0.39, 0.29) is 5.82 Å². The van der Waals surface area contributed by atoms with Gasteiger partial charge in [0.1, 0.15) is 5.82 Å². The first-order valence-electron chi connectivity index (χ1n) is 5.73. The molecule has 0 saturated carbocycles. The zero-order chi connectivity index (χ0) is 13.6. The molecule has 96 valence electrons. The first kappa shape index (κ1) is 12.4. The molecule has 0 aliphatic heterocycles. The molecule has 0 aliphatic carbocycles. The average Bonchev–Trinajstić information content (AvgIpc) is 2.70. The van der Waals surface area contributed by atoms with E-state index in [2.05, 4.69) is 4.98 Å². The molecule has 0 fully saturated rings. The van der Waals surface area contributed by atoms with E-state index in [9.17, 15) is 4.39 Å². The molecule has 0 radical (unpaired) electrons. The molecule has 1 N–H and O–H groups in total. The van der Waals surface area contributed by atoms with Gasteiger partial charge in [-0.15, -0.1) is 0 Å². The quantitative estimate of drug-likeness (QED) is 0.640. The van der Waals surface area contributed by atoms with E-state index in [1.54, 1.807) is 16.7 Å². The Morgan fingerprint density at radius 3 is 2.84 bits per heavy atom. The Balaban J connectivity index is 2.46. The fraction of sp³-hybridized carbons (Fsp3) is 0.0714. The summed E-state index contributed by atoms with van der Waals surface area (Å²) in [7, 11) is 0. The molecular weight excluding hydrogens is 283 g/mol. The second-order valence-electron chi connectivity index (χ2n) is 4.33. The molecule has 2 nitrogen and oxygen atoms in total. The van der Waals surface area contributed by atoms with Crippen LogP contribution in [0.1, 0.15) is 5.56 Å². The topological polar surface area (TPSA) is 20.7 Å². The number of rotatable bonds is 1. The molecule has 3 aromatic rings. The van der Waals surface area contributed by atoms with E-state index >= 15 is 0 Å². The zero-order valence-electron chi connectivity index (χ0n) is 10.1. The minimum atomic E-state index is -0.302. The van der Waals surface area contributed by atoms with E-state index < -0.39 is 0 Å². The highest BCUT2D eigenvalue weighted by atomic mass is 35.5. The normalized spacial score (nSPS) is 11.1. The number of benzene rings is 2. The van der Waals surface area contributed by atoms with E-state index in [1.807, 2.05) is 19.1 Å². The van der Waals surface area contributed by atoms with Crippen LogP contribution < -0.4 is 0 Å². The summed E-state index contributed by atoms with van der Waals surface area (Å²) in [4.78, 5) is 3.08. The highest BCUT2D eigenvalue weighted by Crippen LogP contribution is 2.28. The maximum atomic E-state index is 13.5. The monoisotopic (exact) mass is 292 g/mol. The molecule has 2 aromatic carbocycles. The fourth-order valence-corrected chi connectivity index (χ4v) is 2.73. The number of aryl methyl sites for hydroxylation is 1. The standard InChI is InChI=1S/C14H10ClFN2S/c1-8-5-6-9(16)7-12(8)18-13-10(15)3-2-4-11(13)17-14(18)19/h2-7H,1H3,(H,17,19). The van der Waals surface area contributed by atoms with Gasteiger partial charge in [-0.25, -0.2) is 4.39 Å². The van der Waals surface area contributed by atoms with Crippen molar-refractivity contribution in [1.82, 2.24) is 9.55 Å². The van der Waals surface area contributed by atoms with Crippen LogP contribution in [0.4, 0.5) is 4.39 Å². The van der Waals surface area contributed by atoms with Crippen molar-refractivity contribution < 1.29 is 4.39 Å². The summed E-state index contributed by atoms with van der Waals surface area (Å²) in [6.07, 6.45) is 0. The maximum absolute atomic E-state index is 13.5. The summed E-state index contributed by atoms with van der Waals surface area (Å²) in [5.74, 6) is -0.302. The van der Waals surface area contributed by atoms with Crippen LogP contribution in [0, 0.1) is 17.5 Å². The van der Waals surface area contributed by atoms with Crippen molar-refractivity contribution in [3.8, 4) is 5.69 Å². The summed E-state index contributed by atoms with van der Waals surface area (Å²) >= 11 is 11.6. The molecular formula is C14H10ClFN2S. The van der Waals surface area contributed by atoms with Crippen LogP contribution in [-0.2, 0) is 0 Å². The Hall–Kier alpha value is -1.65. The predicted octanol–water partition coefficient (Wildman–Crippen LogP) is 4.79. The SMILES string of the molecule is Cc1ccc(F)cc1-n1c(=S)[nH]c2cccc(Cl)c21. The van der Waals surface area contributed by atoms with Crippen LogP contribution >= 0.6 is 23.8 Å². The Bertz CT molecular complexity index is 835. The number of nitrogens with one attached hydrogen (secondary N) is 1. The number of hydrogen-bond donors (Lipinski definition) is 1. The van der Waals surface area contributed by atoms with Crippen molar-refractivity contribution in [3.05, 3.63) is 57.6 Å². The summed E-state index contributed by atoms with van der Waals surface area (Å²) in [5, 5.41) is 0.577. The molecule has 0 aliphatic rings. The number of aromatic nitrogens is 2. The lowest BCUT2D eigenvalue weighted by molar-refractivity contribution is 0.626. The fourth-order valence-electron chi connectivity index (χ4n) is 2.17. The van der Waals surface area contributed by atoms with Gasteiger partial charge in [-0.1, -0.05) is 23.7 Å². The largest absolute Gasteiger partial charge is 0.330 e. The van der Waals surface area contributed by atoms with Gasteiger partial charge in [0, 0.05) is 0 Å². The molecule has 5 heteroatoms. The van der Waals surface area contributed by atoms with E-state index in [0.717, 1.165) is 16.6 Å². The molecule has 0 saturated heterocycles. The van der Waals surface area contributed by atoms with Crippen molar-refractivity contribution in [2.45, 2.75) is 6.92 Å². The van der Waals surface area contributed by atoms with Crippen LogP contribution in [0.15, 0.2) is 36.4 Å². The van der Waals surface area contributed by atoms with E-state index in [4.69, 9.17) is 23.8 Å². The van der Waals surface area contributed by atoms with Crippen LogP contribution in [0.5, 0.6) is 0 Å². The summed E-state index contributed by atoms with van der Waals surface area (Å²) in [6.45, 7) is 1.91. The van der Waals surface area contributed by atoms with Crippen molar-refractivity contribution in [3.63, 3.8) is 0 Å². The highest BCUT2D eigenvalue weighted by Gasteiger charge is 2.12. The molecule has 1 aromatic heterocycles. The van der Waals surface area contributed by atoms with Crippen LogP contribution in [0.3, 0.4) is 0 Å². The van der Waals surface area contributed by atoms with Gasteiger partial charge in [-0.05, 0) is 49.0 Å². The molecule has 0 atom stereocenters. The van der Waals surface area contributed by atoms with Gasteiger partial charge in [0.05, 0.1) is 21.7 Å². The Labute approximate surface area is 119 Å². The van der Waals surface area contributed by atoms with Gasteiger partial charge in [0.2, 0.25) is 0 Å². The number of nitrogens with zero attached hydrogens (tertiary/aromatic N) is 1. The van der Waals surface area contributed by atoms with Crippen molar-refractivity contribution in [2.75, 3.05) is 0 Å². The van der Waals surface area contributed by atoms with Gasteiger partial charge in [-0.3, -0.25) is 4.57 Å². The maximum Gasteiger partial charge on any atom is 0.182 e. The van der Waals surface area contributed by atoms with Crippen LogP contribution in [0.25, 0.3) is 16.7 Å². The molecule has 3 rings (SSSR count). The number of hydrogen-bond acceptors (Lipinski definition) is 1. The van der Waals surface area contributed by atoms with Crippen molar-refractivity contribution >= 4 is 34.9 Å². The third-order valence-electron chi connectivity index (χ3n) is 3.07. The average molecular weight is 293 g/mol. The summed E-state index contributed by atoms with van der Waals surface area (Å²) < 4.78 is 15.7. The van der Waals surface area contributed by atoms with Crippen LogP contribution in [-0.4, -0.2) is 9.55 Å². The Morgan fingerprint density at radius 1 is 1.26 bits per heavy atom. The smallest absolute Gasteiger partial charge is 0.182 e. The first-order valence-corrected chi connectivity index (χ1v) is 6.52. The third kappa shape index (κ3) is 1.97. The van der Waals surface area contributed by atoms with Crippen molar-refractivity contribution in [2.24, 2.45) is 0 Å². The third-order valence-corrected chi connectivity index (χ3v) is 3.66. The second kappa shape index (κ2) is 4.47. The van der Waals surface area contributed by atoms with Gasteiger partial charge in [0.25, 0.3) is 0 Å². The van der Waals surface area contributed by atoms with Gasteiger partial charge < -0.3 is 4.98 Å². The number of fused-ring (bicyclic) bond motifs is 1. The molecule has 19 heavy (non-hydrogen) atoms. The molecule has 1 heterocycles. The Morgan fingerprint density at radius 2 is 2.05 bits per heavy atom. The number of aromatic amines is 1. The lowest BCUT2D eigenvalue weighted by atomic mass is 10.2. The highest BCUT2D eigenvalue weighted by molar-refractivity contribution is 7.71. The molecule has 0 unspecified atom stereocenters. The van der Waals surface area contributed by atoms with E-state index in [1.165, 1.54) is 12.1 Å². The van der Waals surface area contributed by atoms with E-state index in [0.29, 0.717) is 15.5 Å². The van der Waals surface area contributed by atoms with Gasteiger partial charge >= 0.3 is 0 Å². The Kier molecular flexibility index (Phi) is 2.92.